The molecular formula is C26H24N2O3. The topological polar surface area (TPSA) is 79.2 Å². The van der Waals surface area contributed by atoms with Crippen LogP contribution in [0.25, 0.3) is 11.1 Å². The highest BCUT2D eigenvalue weighted by atomic mass is 16.5. The number of hydrogen-bond donors (Lipinski definition) is 1. The molecule has 0 atom stereocenters. The summed E-state index contributed by atoms with van der Waals surface area (Å²) in [6.45, 7) is 3.90. The molecule has 0 aromatic heterocycles. The summed E-state index contributed by atoms with van der Waals surface area (Å²) in [5, 5.41) is 11.7. The summed E-state index contributed by atoms with van der Waals surface area (Å²) in [6, 6.07) is 23.7. The minimum absolute atomic E-state index is 0.0399. The van der Waals surface area contributed by atoms with E-state index >= 15 is 0 Å². The molecule has 0 saturated carbocycles. The lowest BCUT2D eigenvalue weighted by molar-refractivity contribution is -0.116. The second-order valence-electron chi connectivity index (χ2n) is 7.65. The van der Waals surface area contributed by atoms with Crippen LogP contribution in [0.2, 0.25) is 0 Å². The predicted octanol–water partition coefficient (Wildman–Crippen LogP) is 5.47. The van der Waals surface area contributed by atoms with E-state index in [-0.39, 0.29) is 24.2 Å². The summed E-state index contributed by atoms with van der Waals surface area (Å²) in [5.74, 6) is 0.706. The first-order valence-electron chi connectivity index (χ1n) is 10.1. The number of carbonyl (C=O) groups excluding carboxylic acids is 2. The van der Waals surface area contributed by atoms with E-state index < -0.39 is 0 Å². The van der Waals surface area contributed by atoms with Gasteiger partial charge in [0.15, 0.2) is 12.4 Å². The molecule has 3 aromatic carbocycles. The molecule has 3 aromatic rings. The van der Waals surface area contributed by atoms with Gasteiger partial charge in [0.1, 0.15) is 5.75 Å². The molecule has 156 valence electrons. The molecule has 0 unspecified atom stereocenters. The monoisotopic (exact) mass is 412 g/mol. The molecule has 1 N–H and O–H groups in total. The van der Waals surface area contributed by atoms with Gasteiger partial charge in [0.25, 0.3) is 0 Å². The van der Waals surface area contributed by atoms with Crippen LogP contribution in [0, 0.1) is 17.2 Å². The quantitative estimate of drug-likeness (QED) is 0.498. The van der Waals surface area contributed by atoms with Gasteiger partial charge in [0.2, 0.25) is 5.91 Å². The van der Waals surface area contributed by atoms with Crippen molar-refractivity contribution in [1.29, 1.82) is 5.26 Å². The summed E-state index contributed by atoms with van der Waals surface area (Å²) >= 11 is 0. The lowest BCUT2D eigenvalue weighted by Gasteiger charge is -2.09. The van der Waals surface area contributed by atoms with Gasteiger partial charge in [0, 0.05) is 17.7 Å². The molecule has 0 saturated heterocycles. The van der Waals surface area contributed by atoms with E-state index in [9.17, 15) is 9.59 Å². The van der Waals surface area contributed by atoms with Crippen molar-refractivity contribution >= 4 is 17.4 Å². The lowest BCUT2D eigenvalue weighted by atomic mass is 10.0. The fourth-order valence-corrected chi connectivity index (χ4v) is 3.04. The number of hydrogen-bond acceptors (Lipinski definition) is 4. The Labute approximate surface area is 182 Å². The maximum Gasteiger partial charge on any atom is 0.224 e. The number of ketones is 1. The minimum atomic E-state index is -0.142. The molecule has 0 aliphatic heterocycles. The largest absolute Gasteiger partial charge is 0.485 e. The van der Waals surface area contributed by atoms with Gasteiger partial charge in [-0.05, 0) is 65.6 Å². The molecular weight excluding hydrogens is 388 g/mol. The van der Waals surface area contributed by atoms with Crippen molar-refractivity contribution in [3.63, 3.8) is 0 Å². The van der Waals surface area contributed by atoms with E-state index in [4.69, 9.17) is 10.00 Å². The number of benzene rings is 3. The first kappa shape index (κ1) is 21.8. The zero-order chi connectivity index (χ0) is 22.2. The van der Waals surface area contributed by atoms with E-state index in [1.165, 1.54) is 0 Å². The van der Waals surface area contributed by atoms with Crippen LogP contribution >= 0.6 is 0 Å². The number of nitrogens with zero attached hydrogens (tertiary/aromatic N) is 1. The standard InChI is InChI=1S/C26H24N2O3/c1-18(2)15-26(30)28-23-11-7-22(8-12-23)25(29)17-31-24-13-9-21(10-14-24)20-5-3-19(16-27)4-6-20/h3-14,18H,15,17H2,1-2H3,(H,28,30). The molecule has 1 amide bonds. The number of nitrogens with one attached hydrogen (secondary N) is 1. The van der Waals surface area contributed by atoms with Gasteiger partial charge < -0.3 is 10.1 Å². The van der Waals surface area contributed by atoms with Gasteiger partial charge in [-0.1, -0.05) is 38.1 Å². The summed E-state index contributed by atoms with van der Waals surface area (Å²) in [6.07, 6.45) is 0.457. The highest BCUT2D eigenvalue weighted by molar-refractivity contribution is 5.98. The van der Waals surface area contributed by atoms with Crippen LogP contribution in [0.1, 0.15) is 36.2 Å². The fourth-order valence-electron chi connectivity index (χ4n) is 3.04. The number of rotatable bonds is 8. The van der Waals surface area contributed by atoms with Crippen LogP contribution in [0.15, 0.2) is 72.8 Å². The smallest absolute Gasteiger partial charge is 0.224 e. The van der Waals surface area contributed by atoms with Gasteiger partial charge in [-0.2, -0.15) is 5.26 Å². The van der Waals surface area contributed by atoms with Crippen molar-refractivity contribution in [1.82, 2.24) is 0 Å². The molecule has 0 heterocycles. The maximum atomic E-state index is 12.4. The van der Waals surface area contributed by atoms with Crippen molar-refractivity contribution in [2.75, 3.05) is 11.9 Å². The van der Waals surface area contributed by atoms with Gasteiger partial charge in [0.05, 0.1) is 11.6 Å². The second-order valence-corrected chi connectivity index (χ2v) is 7.65. The number of nitriles is 1. The Kier molecular flexibility index (Phi) is 7.18. The van der Waals surface area contributed by atoms with E-state index in [1.54, 1.807) is 36.4 Å². The molecule has 0 radical (unpaired) electrons. The third-order valence-electron chi connectivity index (χ3n) is 4.66. The maximum absolute atomic E-state index is 12.4. The van der Waals surface area contributed by atoms with Crippen LogP contribution < -0.4 is 10.1 Å². The van der Waals surface area contributed by atoms with Gasteiger partial charge in [-0.3, -0.25) is 9.59 Å². The van der Waals surface area contributed by atoms with E-state index in [0.717, 1.165) is 11.1 Å². The molecule has 3 rings (SSSR count). The van der Waals surface area contributed by atoms with Crippen molar-refractivity contribution < 1.29 is 14.3 Å². The molecule has 31 heavy (non-hydrogen) atoms. The molecule has 5 heteroatoms. The number of amides is 1. The number of anilines is 1. The van der Waals surface area contributed by atoms with Crippen molar-refractivity contribution in [2.45, 2.75) is 20.3 Å². The lowest BCUT2D eigenvalue weighted by Crippen LogP contribution is -2.14. The van der Waals surface area contributed by atoms with Crippen LogP contribution in [0.3, 0.4) is 0 Å². The molecule has 0 aliphatic rings. The van der Waals surface area contributed by atoms with Gasteiger partial charge >= 0.3 is 0 Å². The van der Waals surface area contributed by atoms with E-state index in [0.29, 0.717) is 29.0 Å². The van der Waals surface area contributed by atoms with E-state index in [1.807, 2.05) is 50.2 Å². The van der Waals surface area contributed by atoms with Gasteiger partial charge in [-0.25, -0.2) is 0 Å². The highest BCUT2D eigenvalue weighted by Gasteiger charge is 2.09. The second kappa shape index (κ2) is 10.2. The Morgan fingerprint density at radius 2 is 1.48 bits per heavy atom. The van der Waals surface area contributed by atoms with Crippen molar-refractivity contribution in [3.05, 3.63) is 83.9 Å². The Morgan fingerprint density at radius 3 is 2.03 bits per heavy atom. The third-order valence-corrected chi connectivity index (χ3v) is 4.66. The van der Waals surface area contributed by atoms with Crippen molar-refractivity contribution in [2.24, 2.45) is 5.92 Å². The summed E-state index contributed by atoms with van der Waals surface area (Å²) in [7, 11) is 0. The molecule has 0 aliphatic carbocycles. The van der Waals surface area contributed by atoms with Crippen LogP contribution in [0.5, 0.6) is 5.75 Å². The van der Waals surface area contributed by atoms with Crippen LogP contribution in [-0.4, -0.2) is 18.3 Å². The SMILES string of the molecule is CC(C)CC(=O)Nc1ccc(C(=O)COc2ccc(-c3ccc(C#N)cc3)cc2)cc1. The predicted molar refractivity (Wildman–Crippen MR) is 121 cm³/mol. The Balaban J connectivity index is 1.54. The van der Waals surface area contributed by atoms with Gasteiger partial charge in [-0.15, -0.1) is 0 Å². The number of carbonyl (C=O) groups is 2. The average Bonchev–Trinajstić information content (AvgIpc) is 2.78. The normalized spacial score (nSPS) is 10.4. The average molecular weight is 412 g/mol. The zero-order valence-electron chi connectivity index (χ0n) is 17.6. The summed E-state index contributed by atoms with van der Waals surface area (Å²) < 4.78 is 5.63. The molecule has 5 nitrogen and oxygen atoms in total. The first-order chi connectivity index (χ1) is 14.9. The van der Waals surface area contributed by atoms with E-state index in [2.05, 4.69) is 11.4 Å². The Hall–Kier alpha value is -3.91. The van der Waals surface area contributed by atoms with Crippen LogP contribution in [0.4, 0.5) is 5.69 Å². The minimum Gasteiger partial charge on any atom is -0.485 e. The molecule has 0 bridgehead atoms. The highest BCUT2D eigenvalue weighted by Crippen LogP contribution is 2.23. The Morgan fingerprint density at radius 1 is 0.903 bits per heavy atom. The van der Waals surface area contributed by atoms with Crippen molar-refractivity contribution in [3.8, 4) is 22.9 Å². The summed E-state index contributed by atoms with van der Waals surface area (Å²) in [5.41, 5.74) is 3.81. The number of ether oxygens (including phenoxy) is 1. The van der Waals surface area contributed by atoms with Crippen LogP contribution in [-0.2, 0) is 4.79 Å². The Bertz CT molecular complexity index is 1080. The molecule has 0 fully saturated rings. The number of Topliss-reactive ketones (excluding diaryl/α,β-unsaturated/α-hetero) is 1. The first-order valence-corrected chi connectivity index (χ1v) is 10.1. The third kappa shape index (κ3) is 6.28. The molecule has 0 spiro atoms. The summed E-state index contributed by atoms with van der Waals surface area (Å²) in [4.78, 5) is 24.2. The fraction of sp³-hybridized carbons (Fsp3) is 0.192. The zero-order valence-corrected chi connectivity index (χ0v) is 17.6.